The van der Waals surface area contributed by atoms with Gasteiger partial charge in [0.1, 0.15) is 6.04 Å². The molecule has 1 rings (SSSR count). The minimum absolute atomic E-state index is 0.513. The number of nitrogens with two attached hydrogens (primary N) is 1. The van der Waals surface area contributed by atoms with E-state index in [-0.39, 0.29) is 0 Å². The van der Waals surface area contributed by atoms with E-state index in [1.165, 1.54) is 6.92 Å². The summed E-state index contributed by atoms with van der Waals surface area (Å²) in [7, 11) is 0. The number of nitrogens with one attached hydrogen (secondary N) is 1. The van der Waals surface area contributed by atoms with Gasteiger partial charge in [-0.3, -0.25) is 4.79 Å². The van der Waals surface area contributed by atoms with Crippen LogP contribution in [0.15, 0.2) is 12.4 Å². The molecule has 1 aromatic rings. The number of hydrogen-bond donors (Lipinski definition) is 2. The van der Waals surface area contributed by atoms with Gasteiger partial charge >= 0.3 is 6.18 Å². The zero-order chi connectivity index (χ0) is 12.3. The van der Waals surface area contributed by atoms with Gasteiger partial charge in [0.2, 0.25) is 5.91 Å². The van der Waals surface area contributed by atoms with E-state index >= 15 is 0 Å². The van der Waals surface area contributed by atoms with Crippen LogP contribution < -0.4 is 11.1 Å². The summed E-state index contributed by atoms with van der Waals surface area (Å²) in [6.45, 7) is 1.33. The second-order valence-corrected chi connectivity index (χ2v) is 3.02. The fourth-order valence-electron chi connectivity index (χ4n) is 0.927. The van der Waals surface area contributed by atoms with Gasteiger partial charge in [-0.2, -0.15) is 13.2 Å². The second-order valence-electron chi connectivity index (χ2n) is 3.02. The van der Waals surface area contributed by atoms with Gasteiger partial charge in [0, 0.05) is 12.4 Å². The van der Waals surface area contributed by atoms with Crippen LogP contribution in [0.1, 0.15) is 12.6 Å². The van der Waals surface area contributed by atoms with Gasteiger partial charge < -0.3 is 11.1 Å². The van der Waals surface area contributed by atoms with Crippen molar-refractivity contribution < 1.29 is 18.0 Å². The molecular formula is C8H9F3N4O. The lowest BCUT2D eigenvalue weighted by atomic mass is 10.3. The number of carbonyl (C=O) groups is 1. The van der Waals surface area contributed by atoms with Crippen molar-refractivity contribution in [1.29, 1.82) is 0 Å². The van der Waals surface area contributed by atoms with Crippen molar-refractivity contribution >= 4 is 11.7 Å². The quantitative estimate of drug-likeness (QED) is 0.809. The Kier molecular flexibility index (Phi) is 3.31. The maximum atomic E-state index is 12.4. The maximum absolute atomic E-state index is 12.4. The Hall–Kier alpha value is -1.86. The van der Waals surface area contributed by atoms with Crippen LogP contribution in [0.3, 0.4) is 0 Å². The molecule has 0 saturated carbocycles. The van der Waals surface area contributed by atoms with E-state index in [2.05, 4.69) is 15.3 Å². The van der Waals surface area contributed by atoms with Gasteiger partial charge in [-0.15, -0.1) is 0 Å². The van der Waals surface area contributed by atoms with Crippen LogP contribution in [0.4, 0.5) is 19.0 Å². The molecule has 0 aliphatic carbocycles. The van der Waals surface area contributed by atoms with Crippen LogP contribution >= 0.6 is 0 Å². The van der Waals surface area contributed by atoms with Crippen molar-refractivity contribution in [2.45, 2.75) is 19.1 Å². The second kappa shape index (κ2) is 4.33. The number of primary amides is 1. The van der Waals surface area contributed by atoms with E-state index in [9.17, 15) is 18.0 Å². The van der Waals surface area contributed by atoms with Gasteiger partial charge in [-0.05, 0) is 6.92 Å². The van der Waals surface area contributed by atoms with E-state index in [1.54, 1.807) is 0 Å². The third-order valence-corrected chi connectivity index (χ3v) is 1.75. The molecule has 0 spiro atoms. The molecule has 0 aliphatic heterocycles. The van der Waals surface area contributed by atoms with Crippen molar-refractivity contribution in [3.8, 4) is 0 Å². The lowest BCUT2D eigenvalue weighted by Crippen LogP contribution is -2.33. The fraction of sp³-hybridized carbons (Fsp3) is 0.375. The normalized spacial score (nSPS) is 13.2. The summed E-state index contributed by atoms with van der Waals surface area (Å²) in [5.74, 6) is -1.29. The molecule has 1 aromatic heterocycles. The molecule has 0 radical (unpaired) electrons. The Morgan fingerprint density at radius 2 is 2.00 bits per heavy atom. The number of alkyl halides is 3. The van der Waals surface area contributed by atoms with Gasteiger partial charge in [0.25, 0.3) is 0 Å². The first-order valence-electron chi connectivity index (χ1n) is 4.26. The average Bonchev–Trinajstić information content (AvgIpc) is 2.16. The number of nitrogens with zero attached hydrogens (tertiary/aromatic N) is 2. The molecular weight excluding hydrogens is 225 g/mol. The Labute approximate surface area is 88.9 Å². The van der Waals surface area contributed by atoms with Gasteiger partial charge in [-0.25, -0.2) is 9.97 Å². The number of carbonyl (C=O) groups excluding carboxylic acids is 1. The maximum Gasteiger partial charge on any atom is 0.437 e. The topological polar surface area (TPSA) is 80.9 Å². The number of halogens is 3. The van der Waals surface area contributed by atoms with Crippen molar-refractivity contribution in [3.63, 3.8) is 0 Å². The molecule has 3 N–H and O–H groups in total. The number of hydrogen-bond acceptors (Lipinski definition) is 4. The first-order chi connectivity index (χ1) is 7.32. The number of rotatable bonds is 3. The molecule has 0 aliphatic rings. The highest BCUT2D eigenvalue weighted by molar-refractivity contribution is 5.82. The SMILES string of the molecule is CC(Nc1nccnc1C(F)(F)F)C(N)=O. The first kappa shape index (κ1) is 12.2. The standard InChI is InChI=1S/C8H9F3N4O/c1-4(6(12)16)15-7-5(8(9,10)11)13-2-3-14-7/h2-4H,1H3,(H2,12,16)(H,14,15). The Balaban J connectivity index is 3.01. The number of aromatic nitrogens is 2. The summed E-state index contributed by atoms with van der Waals surface area (Å²) in [6, 6.07) is -0.960. The Morgan fingerprint density at radius 3 is 2.50 bits per heavy atom. The minimum Gasteiger partial charge on any atom is -0.368 e. The summed E-state index contributed by atoms with van der Waals surface area (Å²) in [5, 5.41) is 2.25. The number of amides is 1. The highest BCUT2D eigenvalue weighted by Gasteiger charge is 2.36. The molecule has 8 heteroatoms. The summed E-state index contributed by atoms with van der Waals surface area (Å²) in [4.78, 5) is 17.3. The molecule has 0 bridgehead atoms. The van der Waals surface area contributed by atoms with Crippen molar-refractivity contribution in [3.05, 3.63) is 18.1 Å². The van der Waals surface area contributed by atoms with Crippen LogP contribution in [0.2, 0.25) is 0 Å². The van der Waals surface area contributed by atoms with Crippen LogP contribution in [0, 0.1) is 0 Å². The predicted molar refractivity (Wildman–Crippen MR) is 49.3 cm³/mol. The zero-order valence-electron chi connectivity index (χ0n) is 8.25. The molecule has 16 heavy (non-hydrogen) atoms. The van der Waals surface area contributed by atoms with E-state index in [0.29, 0.717) is 0 Å². The van der Waals surface area contributed by atoms with E-state index in [0.717, 1.165) is 12.4 Å². The van der Waals surface area contributed by atoms with Gasteiger partial charge in [-0.1, -0.05) is 0 Å². The Bertz CT molecular complexity index is 393. The molecule has 1 heterocycles. The van der Waals surface area contributed by atoms with E-state index in [1.807, 2.05) is 0 Å². The van der Waals surface area contributed by atoms with E-state index in [4.69, 9.17) is 5.73 Å². The monoisotopic (exact) mass is 234 g/mol. The minimum atomic E-state index is -4.63. The lowest BCUT2D eigenvalue weighted by Gasteiger charge is -2.14. The van der Waals surface area contributed by atoms with Crippen molar-refractivity contribution in [2.24, 2.45) is 5.73 Å². The lowest BCUT2D eigenvalue weighted by molar-refractivity contribution is -0.140. The average molecular weight is 234 g/mol. The summed E-state index contributed by atoms with van der Waals surface area (Å²) >= 11 is 0. The molecule has 1 amide bonds. The molecule has 0 aromatic carbocycles. The van der Waals surface area contributed by atoms with Crippen molar-refractivity contribution in [2.75, 3.05) is 5.32 Å². The largest absolute Gasteiger partial charge is 0.437 e. The summed E-state index contributed by atoms with van der Waals surface area (Å²) in [6.07, 6.45) is -2.62. The third-order valence-electron chi connectivity index (χ3n) is 1.75. The van der Waals surface area contributed by atoms with Gasteiger partial charge in [0.15, 0.2) is 11.5 Å². The molecule has 5 nitrogen and oxygen atoms in total. The predicted octanol–water partition coefficient (Wildman–Crippen LogP) is 0.781. The highest BCUT2D eigenvalue weighted by Crippen LogP contribution is 2.31. The van der Waals surface area contributed by atoms with Crippen molar-refractivity contribution in [1.82, 2.24) is 9.97 Å². The highest BCUT2D eigenvalue weighted by atomic mass is 19.4. The Morgan fingerprint density at radius 1 is 1.44 bits per heavy atom. The van der Waals surface area contributed by atoms with Crippen LogP contribution in [0.5, 0.6) is 0 Å². The van der Waals surface area contributed by atoms with Crippen LogP contribution in [-0.4, -0.2) is 21.9 Å². The van der Waals surface area contributed by atoms with Crippen LogP contribution in [0.25, 0.3) is 0 Å². The molecule has 0 fully saturated rings. The third kappa shape index (κ3) is 2.81. The molecule has 1 atom stereocenters. The van der Waals surface area contributed by atoms with Gasteiger partial charge in [0.05, 0.1) is 0 Å². The molecule has 1 unspecified atom stereocenters. The smallest absolute Gasteiger partial charge is 0.368 e. The summed E-state index contributed by atoms with van der Waals surface area (Å²) in [5.41, 5.74) is 3.73. The summed E-state index contributed by atoms with van der Waals surface area (Å²) < 4.78 is 37.3. The fourth-order valence-corrected chi connectivity index (χ4v) is 0.927. The van der Waals surface area contributed by atoms with Crippen LogP contribution in [-0.2, 0) is 11.0 Å². The molecule has 88 valence electrons. The molecule has 0 saturated heterocycles. The first-order valence-corrected chi connectivity index (χ1v) is 4.26. The number of anilines is 1. The zero-order valence-corrected chi connectivity index (χ0v) is 8.25. The van der Waals surface area contributed by atoms with E-state index < -0.39 is 29.6 Å².